The first-order chi connectivity index (χ1) is 11.8. The second kappa shape index (κ2) is 9.75. The number of hydrogen-bond donors (Lipinski definition) is 1. The number of aromatic nitrogens is 2. The first-order valence-corrected chi connectivity index (χ1v) is 8.70. The average molecular weight is 328 g/mol. The third-order valence-electron chi connectivity index (χ3n) is 3.82. The summed E-state index contributed by atoms with van der Waals surface area (Å²) in [7, 11) is 1.69. The average Bonchev–Trinajstić information content (AvgIpc) is 2.62. The van der Waals surface area contributed by atoms with Crippen molar-refractivity contribution < 1.29 is 4.74 Å². The number of nitrogens with zero attached hydrogens (tertiary/aromatic N) is 3. The molecule has 0 bridgehead atoms. The molecule has 1 N–H and O–H groups in total. The lowest BCUT2D eigenvalue weighted by atomic mass is 10.1. The quantitative estimate of drug-likeness (QED) is 0.719. The predicted octanol–water partition coefficient (Wildman–Crippen LogP) is 3.77. The van der Waals surface area contributed by atoms with Gasteiger partial charge in [-0.3, -0.25) is 0 Å². The predicted molar refractivity (Wildman–Crippen MR) is 100 cm³/mol. The summed E-state index contributed by atoms with van der Waals surface area (Å²) in [5, 5.41) is 3.39. The number of hydrogen-bond acceptors (Lipinski definition) is 5. The molecule has 0 aliphatic rings. The summed E-state index contributed by atoms with van der Waals surface area (Å²) in [6.07, 6.45) is 4.79. The summed E-state index contributed by atoms with van der Waals surface area (Å²) in [6.45, 7) is 7.25. The Kier molecular flexibility index (Phi) is 7.33. The van der Waals surface area contributed by atoms with Crippen LogP contribution in [0.25, 0.3) is 0 Å². The van der Waals surface area contributed by atoms with E-state index in [9.17, 15) is 0 Å². The molecule has 1 aromatic heterocycles. The fourth-order valence-electron chi connectivity index (χ4n) is 2.66. The molecule has 2 aromatic rings. The standard InChI is InChI=1S/C19H28N4O/c1-4-11-23(12-5-2)19-14-18(21-15-22-19)20-10-9-16-7-6-8-17(13-16)24-3/h6-8,13-15H,4-5,9-12H2,1-3H3,(H,20,21,22). The fraction of sp³-hybridized carbons (Fsp3) is 0.474. The molecular formula is C19H28N4O. The van der Waals surface area contributed by atoms with Crippen LogP contribution in [-0.4, -0.2) is 36.7 Å². The van der Waals surface area contributed by atoms with Crippen LogP contribution in [0.1, 0.15) is 32.3 Å². The molecule has 0 saturated heterocycles. The molecule has 2 rings (SSSR count). The highest BCUT2D eigenvalue weighted by molar-refractivity contribution is 5.48. The second-order valence-corrected chi connectivity index (χ2v) is 5.78. The van der Waals surface area contributed by atoms with Gasteiger partial charge in [0, 0.05) is 25.7 Å². The van der Waals surface area contributed by atoms with Gasteiger partial charge in [-0.1, -0.05) is 26.0 Å². The Hall–Kier alpha value is -2.30. The van der Waals surface area contributed by atoms with Crippen molar-refractivity contribution in [1.29, 1.82) is 0 Å². The van der Waals surface area contributed by atoms with Crippen LogP contribution in [0.4, 0.5) is 11.6 Å². The molecule has 0 aliphatic heterocycles. The van der Waals surface area contributed by atoms with Crippen LogP contribution in [0.15, 0.2) is 36.7 Å². The molecule has 0 saturated carbocycles. The summed E-state index contributed by atoms with van der Waals surface area (Å²) in [5.41, 5.74) is 1.25. The van der Waals surface area contributed by atoms with Gasteiger partial charge in [0.2, 0.25) is 0 Å². The summed E-state index contributed by atoms with van der Waals surface area (Å²) >= 11 is 0. The van der Waals surface area contributed by atoms with Gasteiger partial charge in [-0.2, -0.15) is 0 Å². The lowest BCUT2D eigenvalue weighted by molar-refractivity contribution is 0.414. The minimum atomic E-state index is 0.825. The van der Waals surface area contributed by atoms with Crippen LogP contribution in [0.3, 0.4) is 0 Å². The van der Waals surface area contributed by atoms with Gasteiger partial charge in [0.05, 0.1) is 7.11 Å². The molecule has 0 amide bonds. The summed E-state index contributed by atoms with van der Waals surface area (Å²) in [4.78, 5) is 11.1. The van der Waals surface area contributed by atoms with Crippen molar-refractivity contribution in [2.24, 2.45) is 0 Å². The Morgan fingerprint density at radius 3 is 2.58 bits per heavy atom. The van der Waals surface area contributed by atoms with E-state index in [2.05, 4.69) is 46.2 Å². The summed E-state index contributed by atoms with van der Waals surface area (Å²) in [6, 6.07) is 10.2. The number of ether oxygens (including phenoxy) is 1. The Morgan fingerprint density at radius 1 is 1.08 bits per heavy atom. The maximum atomic E-state index is 5.26. The van der Waals surface area contributed by atoms with E-state index in [1.807, 2.05) is 18.2 Å². The van der Waals surface area contributed by atoms with Crippen molar-refractivity contribution in [1.82, 2.24) is 9.97 Å². The molecule has 0 spiro atoms. The van der Waals surface area contributed by atoms with Gasteiger partial charge in [-0.05, 0) is 37.0 Å². The van der Waals surface area contributed by atoms with Gasteiger partial charge < -0.3 is 15.0 Å². The Morgan fingerprint density at radius 2 is 1.88 bits per heavy atom. The minimum Gasteiger partial charge on any atom is -0.497 e. The van der Waals surface area contributed by atoms with Crippen LogP contribution >= 0.6 is 0 Å². The maximum absolute atomic E-state index is 5.26. The van der Waals surface area contributed by atoms with E-state index < -0.39 is 0 Å². The van der Waals surface area contributed by atoms with Crippen molar-refractivity contribution in [2.75, 3.05) is 37.0 Å². The van der Waals surface area contributed by atoms with Crippen LogP contribution in [0.5, 0.6) is 5.75 Å². The molecule has 0 atom stereocenters. The maximum Gasteiger partial charge on any atom is 0.134 e. The van der Waals surface area contributed by atoms with Crippen molar-refractivity contribution in [3.05, 3.63) is 42.2 Å². The van der Waals surface area contributed by atoms with Gasteiger partial charge >= 0.3 is 0 Å². The first kappa shape index (κ1) is 18.0. The van der Waals surface area contributed by atoms with Crippen LogP contribution in [0, 0.1) is 0 Å². The molecule has 1 aromatic carbocycles. The second-order valence-electron chi connectivity index (χ2n) is 5.78. The zero-order valence-corrected chi connectivity index (χ0v) is 15.0. The molecule has 0 radical (unpaired) electrons. The van der Waals surface area contributed by atoms with Crippen molar-refractivity contribution in [3.63, 3.8) is 0 Å². The monoisotopic (exact) mass is 328 g/mol. The van der Waals surface area contributed by atoms with Crippen molar-refractivity contribution in [2.45, 2.75) is 33.1 Å². The number of rotatable bonds is 10. The Balaban J connectivity index is 1.93. The normalized spacial score (nSPS) is 10.5. The molecular weight excluding hydrogens is 300 g/mol. The minimum absolute atomic E-state index is 0.825. The van der Waals surface area contributed by atoms with Gasteiger partial charge in [-0.25, -0.2) is 9.97 Å². The van der Waals surface area contributed by atoms with Gasteiger partial charge in [0.1, 0.15) is 23.7 Å². The molecule has 130 valence electrons. The van der Waals surface area contributed by atoms with E-state index in [0.717, 1.165) is 56.3 Å². The lowest BCUT2D eigenvalue weighted by Gasteiger charge is -2.22. The van der Waals surface area contributed by atoms with Crippen LogP contribution < -0.4 is 15.0 Å². The Bertz CT molecular complexity index is 612. The van der Waals surface area contributed by atoms with Gasteiger partial charge in [-0.15, -0.1) is 0 Å². The first-order valence-electron chi connectivity index (χ1n) is 8.70. The third-order valence-corrected chi connectivity index (χ3v) is 3.82. The van der Waals surface area contributed by atoms with Crippen LogP contribution in [0.2, 0.25) is 0 Å². The largest absolute Gasteiger partial charge is 0.497 e. The summed E-state index contributed by atoms with van der Waals surface area (Å²) < 4.78 is 5.26. The highest BCUT2D eigenvalue weighted by Gasteiger charge is 2.07. The molecule has 5 heteroatoms. The van der Waals surface area contributed by atoms with E-state index in [-0.39, 0.29) is 0 Å². The molecule has 0 unspecified atom stereocenters. The molecule has 5 nitrogen and oxygen atoms in total. The fourth-order valence-corrected chi connectivity index (χ4v) is 2.66. The smallest absolute Gasteiger partial charge is 0.134 e. The zero-order valence-electron chi connectivity index (χ0n) is 15.0. The lowest BCUT2D eigenvalue weighted by Crippen LogP contribution is -2.26. The molecule has 0 aliphatic carbocycles. The van der Waals surface area contributed by atoms with E-state index >= 15 is 0 Å². The number of methoxy groups -OCH3 is 1. The highest BCUT2D eigenvalue weighted by atomic mass is 16.5. The van der Waals surface area contributed by atoms with E-state index in [1.54, 1.807) is 13.4 Å². The van der Waals surface area contributed by atoms with Crippen molar-refractivity contribution >= 4 is 11.6 Å². The summed E-state index contributed by atoms with van der Waals surface area (Å²) in [5.74, 6) is 2.77. The number of anilines is 2. The Labute approximate surface area is 145 Å². The van der Waals surface area contributed by atoms with Crippen molar-refractivity contribution in [3.8, 4) is 5.75 Å². The van der Waals surface area contributed by atoms with Gasteiger partial charge in [0.15, 0.2) is 0 Å². The molecule has 24 heavy (non-hydrogen) atoms. The third kappa shape index (κ3) is 5.41. The molecule has 0 fully saturated rings. The number of nitrogens with one attached hydrogen (secondary N) is 1. The topological polar surface area (TPSA) is 50.3 Å². The van der Waals surface area contributed by atoms with E-state index in [4.69, 9.17) is 4.74 Å². The highest BCUT2D eigenvalue weighted by Crippen LogP contribution is 2.16. The van der Waals surface area contributed by atoms with E-state index in [0.29, 0.717) is 0 Å². The van der Waals surface area contributed by atoms with E-state index in [1.165, 1.54) is 5.56 Å². The number of benzene rings is 1. The van der Waals surface area contributed by atoms with Crippen LogP contribution in [-0.2, 0) is 6.42 Å². The SMILES string of the molecule is CCCN(CCC)c1cc(NCCc2cccc(OC)c2)ncn1. The molecule has 1 heterocycles. The van der Waals surface area contributed by atoms with Gasteiger partial charge in [0.25, 0.3) is 0 Å². The zero-order chi connectivity index (χ0) is 17.2.